The fraction of sp³-hybridized carbons (Fsp3) is 0.357. The molecule has 114 valence electrons. The van der Waals surface area contributed by atoms with E-state index in [0.29, 0.717) is 0 Å². The minimum atomic E-state index is -0.977. The lowest BCUT2D eigenvalue weighted by atomic mass is 10.2. The third kappa shape index (κ3) is 6.80. The van der Waals surface area contributed by atoms with Crippen molar-refractivity contribution in [3.05, 3.63) is 35.9 Å². The van der Waals surface area contributed by atoms with Crippen molar-refractivity contribution in [2.45, 2.75) is 6.54 Å². The summed E-state index contributed by atoms with van der Waals surface area (Å²) < 4.78 is 4.58. The Hall–Kier alpha value is -2.02. The van der Waals surface area contributed by atoms with E-state index in [1.807, 2.05) is 30.3 Å². The van der Waals surface area contributed by atoms with Crippen LogP contribution < -0.4 is 0 Å². The minimum Gasteiger partial charge on any atom is -0.481 e. The fourth-order valence-electron chi connectivity index (χ4n) is 1.57. The monoisotopic (exact) mass is 311 g/mol. The lowest BCUT2D eigenvalue weighted by molar-refractivity contribution is -0.146. The maximum atomic E-state index is 12.1. The molecule has 1 N–H and O–H groups in total. The molecule has 0 heterocycles. The van der Waals surface area contributed by atoms with E-state index in [-0.39, 0.29) is 30.5 Å². The third-order valence-corrected chi connectivity index (χ3v) is 3.47. The first-order valence-corrected chi connectivity index (χ1v) is 7.36. The quantitative estimate of drug-likeness (QED) is 0.721. The van der Waals surface area contributed by atoms with E-state index in [0.717, 1.165) is 17.3 Å². The number of carbonyl (C=O) groups excluding carboxylic acids is 2. The van der Waals surface area contributed by atoms with Gasteiger partial charge in [-0.3, -0.25) is 14.4 Å². The number of hydrogen-bond donors (Lipinski definition) is 1. The lowest BCUT2D eigenvalue weighted by Crippen LogP contribution is -2.37. The standard InChI is InChI=1S/C14H17NO5S/c1-20-14(19)8-15(7-11-5-3-2-4-6-11)12(16)9-21-10-13(17)18/h2-6H,7-10H2,1H3,(H,17,18). The molecule has 0 fully saturated rings. The highest BCUT2D eigenvalue weighted by Gasteiger charge is 2.18. The Morgan fingerprint density at radius 2 is 1.86 bits per heavy atom. The van der Waals surface area contributed by atoms with Gasteiger partial charge in [0.05, 0.1) is 18.6 Å². The molecule has 1 aromatic carbocycles. The van der Waals surface area contributed by atoms with E-state index in [1.165, 1.54) is 12.0 Å². The highest BCUT2D eigenvalue weighted by atomic mass is 32.2. The number of nitrogens with zero attached hydrogens (tertiary/aromatic N) is 1. The summed E-state index contributed by atoms with van der Waals surface area (Å²) in [5.41, 5.74) is 0.887. The van der Waals surface area contributed by atoms with Gasteiger partial charge in [-0.2, -0.15) is 0 Å². The summed E-state index contributed by atoms with van der Waals surface area (Å²) in [7, 11) is 1.26. The first-order valence-electron chi connectivity index (χ1n) is 6.21. The van der Waals surface area contributed by atoms with Gasteiger partial charge in [0.1, 0.15) is 6.54 Å². The first-order chi connectivity index (χ1) is 10.0. The topological polar surface area (TPSA) is 83.9 Å². The summed E-state index contributed by atoms with van der Waals surface area (Å²) in [6.45, 7) is 0.125. The van der Waals surface area contributed by atoms with Crippen LogP contribution in [0.5, 0.6) is 0 Å². The number of amides is 1. The fourth-order valence-corrected chi connectivity index (χ4v) is 2.21. The van der Waals surface area contributed by atoms with Crippen molar-refractivity contribution in [2.75, 3.05) is 25.2 Å². The molecule has 21 heavy (non-hydrogen) atoms. The minimum absolute atomic E-state index is 0.0100. The Bertz CT molecular complexity index is 491. The number of ether oxygens (including phenoxy) is 1. The number of carboxylic acids is 1. The summed E-state index contributed by atoms with van der Waals surface area (Å²) >= 11 is 1.00. The van der Waals surface area contributed by atoms with Crippen molar-refractivity contribution >= 4 is 29.6 Å². The third-order valence-electron chi connectivity index (χ3n) is 2.57. The predicted molar refractivity (Wildman–Crippen MR) is 78.8 cm³/mol. The van der Waals surface area contributed by atoms with E-state index in [2.05, 4.69) is 4.74 Å². The van der Waals surface area contributed by atoms with Crippen molar-refractivity contribution in [3.63, 3.8) is 0 Å². The summed E-state index contributed by atoms with van der Waals surface area (Å²) in [6, 6.07) is 9.24. The molecule has 0 saturated heterocycles. The molecule has 6 nitrogen and oxygen atoms in total. The molecule has 0 unspecified atom stereocenters. The molecule has 0 atom stereocenters. The second-order valence-corrected chi connectivity index (χ2v) is 5.18. The molecule has 1 aromatic rings. The van der Waals surface area contributed by atoms with Gasteiger partial charge >= 0.3 is 11.9 Å². The molecule has 0 aliphatic rings. The SMILES string of the molecule is COC(=O)CN(Cc1ccccc1)C(=O)CSCC(=O)O. The van der Waals surface area contributed by atoms with Crippen LogP contribution in [0.4, 0.5) is 0 Å². The van der Waals surface area contributed by atoms with Crippen LogP contribution in [0.15, 0.2) is 30.3 Å². The summed E-state index contributed by atoms with van der Waals surface area (Å²) in [4.78, 5) is 35.3. The number of hydrogen-bond acceptors (Lipinski definition) is 5. The number of benzene rings is 1. The van der Waals surface area contributed by atoms with Crippen molar-refractivity contribution in [1.29, 1.82) is 0 Å². The van der Waals surface area contributed by atoms with Crippen LogP contribution in [0.3, 0.4) is 0 Å². The smallest absolute Gasteiger partial charge is 0.325 e. The largest absolute Gasteiger partial charge is 0.481 e. The van der Waals surface area contributed by atoms with Gasteiger partial charge in [-0.15, -0.1) is 11.8 Å². The number of thioether (sulfide) groups is 1. The van der Waals surface area contributed by atoms with Crippen LogP contribution in [0.2, 0.25) is 0 Å². The van der Waals surface area contributed by atoms with Gasteiger partial charge in [0, 0.05) is 6.54 Å². The molecular weight excluding hydrogens is 294 g/mol. The van der Waals surface area contributed by atoms with Crippen molar-refractivity contribution in [3.8, 4) is 0 Å². The van der Waals surface area contributed by atoms with Crippen LogP contribution >= 0.6 is 11.8 Å². The number of methoxy groups -OCH3 is 1. The molecule has 1 rings (SSSR count). The normalized spacial score (nSPS) is 9.95. The molecule has 0 aliphatic carbocycles. The Labute approximate surface area is 127 Å². The molecule has 0 bridgehead atoms. The predicted octanol–water partition coefficient (Wildman–Crippen LogP) is 1.01. The Balaban J connectivity index is 2.65. The number of rotatable bonds is 8. The van der Waals surface area contributed by atoms with E-state index in [4.69, 9.17) is 5.11 Å². The average Bonchev–Trinajstić information content (AvgIpc) is 2.47. The van der Waals surface area contributed by atoms with Crippen molar-refractivity contribution in [1.82, 2.24) is 4.90 Å². The van der Waals surface area contributed by atoms with E-state index in [9.17, 15) is 14.4 Å². The zero-order valence-corrected chi connectivity index (χ0v) is 12.5. The zero-order chi connectivity index (χ0) is 15.7. The zero-order valence-electron chi connectivity index (χ0n) is 11.7. The Kier molecular flexibility index (Phi) is 7.31. The average molecular weight is 311 g/mol. The number of aliphatic carboxylic acids is 1. The van der Waals surface area contributed by atoms with Gasteiger partial charge in [-0.05, 0) is 5.56 Å². The highest BCUT2D eigenvalue weighted by Crippen LogP contribution is 2.08. The van der Waals surface area contributed by atoms with Crippen LogP contribution in [-0.2, 0) is 25.7 Å². The number of carboxylic acid groups (broad SMARTS) is 1. The molecule has 0 radical (unpaired) electrons. The van der Waals surface area contributed by atoms with Gasteiger partial charge in [-0.25, -0.2) is 0 Å². The number of esters is 1. The molecule has 0 aromatic heterocycles. The van der Waals surface area contributed by atoms with Crippen LogP contribution in [0.25, 0.3) is 0 Å². The molecule has 7 heteroatoms. The van der Waals surface area contributed by atoms with Gasteiger partial charge in [0.2, 0.25) is 5.91 Å². The van der Waals surface area contributed by atoms with Crippen molar-refractivity contribution < 1.29 is 24.2 Å². The summed E-state index contributed by atoms with van der Waals surface area (Å²) in [5.74, 6) is -1.92. The lowest BCUT2D eigenvalue weighted by Gasteiger charge is -2.21. The van der Waals surface area contributed by atoms with Crippen LogP contribution in [0, 0.1) is 0 Å². The Morgan fingerprint density at radius 3 is 2.43 bits per heavy atom. The van der Waals surface area contributed by atoms with Gasteiger partial charge in [0.25, 0.3) is 0 Å². The van der Waals surface area contributed by atoms with E-state index < -0.39 is 11.9 Å². The van der Waals surface area contributed by atoms with Gasteiger partial charge < -0.3 is 14.7 Å². The van der Waals surface area contributed by atoms with Gasteiger partial charge in [0.15, 0.2) is 0 Å². The van der Waals surface area contributed by atoms with Gasteiger partial charge in [-0.1, -0.05) is 30.3 Å². The summed E-state index contributed by atoms with van der Waals surface area (Å²) in [6.07, 6.45) is 0. The molecular formula is C14H17NO5S. The van der Waals surface area contributed by atoms with Crippen LogP contribution in [0.1, 0.15) is 5.56 Å². The number of carbonyl (C=O) groups is 3. The molecule has 1 amide bonds. The molecule has 0 saturated carbocycles. The first kappa shape index (κ1) is 17.0. The van der Waals surface area contributed by atoms with Crippen molar-refractivity contribution in [2.24, 2.45) is 0 Å². The highest BCUT2D eigenvalue weighted by molar-refractivity contribution is 8.00. The van der Waals surface area contributed by atoms with Crippen LogP contribution in [-0.4, -0.2) is 53.0 Å². The maximum absolute atomic E-state index is 12.1. The maximum Gasteiger partial charge on any atom is 0.325 e. The molecule has 0 aliphatic heterocycles. The summed E-state index contributed by atoms with van der Waals surface area (Å²) in [5, 5.41) is 8.56. The second-order valence-electron chi connectivity index (χ2n) is 4.20. The second kappa shape index (κ2) is 9.02. The van der Waals surface area contributed by atoms with E-state index >= 15 is 0 Å². The molecule has 0 spiro atoms. The Morgan fingerprint density at radius 1 is 1.19 bits per heavy atom. The van der Waals surface area contributed by atoms with E-state index in [1.54, 1.807) is 0 Å².